The van der Waals surface area contributed by atoms with Crippen LogP contribution in [0.4, 0.5) is 20.6 Å². The average molecular weight is 399 g/mol. The van der Waals surface area contributed by atoms with Gasteiger partial charge in [0.25, 0.3) is 0 Å². The lowest BCUT2D eigenvalue weighted by atomic mass is 9.94. The van der Waals surface area contributed by atoms with Gasteiger partial charge in [-0.15, -0.1) is 0 Å². The number of nitrogens with zero attached hydrogens (tertiary/aromatic N) is 2. The normalized spacial score (nSPS) is 19.9. The van der Waals surface area contributed by atoms with Gasteiger partial charge in [-0.3, -0.25) is 9.89 Å². The van der Waals surface area contributed by atoms with Crippen molar-refractivity contribution in [3.05, 3.63) is 42.0 Å². The first kappa shape index (κ1) is 19.4. The van der Waals surface area contributed by atoms with Crippen molar-refractivity contribution in [3.8, 4) is 0 Å². The van der Waals surface area contributed by atoms with E-state index < -0.39 is 0 Å². The Morgan fingerprint density at radius 1 is 1.14 bits per heavy atom. The summed E-state index contributed by atoms with van der Waals surface area (Å²) in [6, 6.07) is 5.61. The number of aromatic amines is 1. The summed E-state index contributed by atoms with van der Waals surface area (Å²) < 4.78 is 13.4. The zero-order valence-corrected chi connectivity index (χ0v) is 16.3. The zero-order valence-electron chi connectivity index (χ0n) is 16.3. The van der Waals surface area contributed by atoms with Crippen LogP contribution < -0.4 is 10.6 Å². The van der Waals surface area contributed by atoms with Gasteiger partial charge >= 0.3 is 6.03 Å². The number of hydrogen-bond donors (Lipinski definition) is 3. The number of piperidine rings is 1. The second-order valence-corrected chi connectivity index (χ2v) is 7.89. The van der Waals surface area contributed by atoms with Crippen LogP contribution in [0.25, 0.3) is 0 Å². The van der Waals surface area contributed by atoms with Crippen LogP contribution in [0.3, 0.4) is 0 Å². The average Bonchev–Trinajstić information content (AvgIpc) is 3.40. The minimum absolute atomic E-state index is 0.0571. The number of carbonyl (C=O) groups is 2. The Morgan fingerprint density at radius 3 is 2.76 bits per heavy atom. The number of halogens is 1. The van der Waals surface area contributed by atoms with Gasteiger partial charge in [-0.05, 0) is 43.9 Å². The van der Waals surface area contributed by atoms with Crippen LogP contribution in [0.15, 0.2) is 30.5 Å². The van der Waals surface area contributed by atoms with E-state index in [0.29, 0.717) is 24.5 Å². The van der Waals surface area contributed by atoms with E-state index in [0.717, 1.165) is 44.2 Å². The van der Waals surface area contributed by atoms with Crippen molar-refractivity contribution < 1.29 is 14.0 Å². The van der Waals surface area contributed by atoms with Crippen LogP contribution in [0.1, 0.15) is 50.1 Å². The summed E-state index contributed by atoms with van der Waals surface area (Å²) in [5.74, 6) is -0.192. The third kappa shape index (κ3) is 4.58. The van der Waals surface area contributed by atoms with E-state index >= 15 is 0 Å². The van der Waals surface area contributed by atoms with Crippen LogP contribution in [0, 0.1) is 11.7 Å². The lowest BCUT2D eigenvalue weighted by molar-refractivity contribution is -0.119. The molecule has 154 valence electrons. The summed E-state index contributed by atoms with van der Waals surface area (Å²) in [6.07, 6.45) is 7.48. The smallest absolute Gasteiger partial charge is 0.321 e. The molecule has 0 radical (unpaired) electrons. The van der Waals surface area contributed by atoms with E-state index in [1.54, 1.807) is 23.2 Å². The molecule has 1 aliphatic carbocycles. The zero-order chi connectivity index (χ0) is 20.2. The number of hydrogen-bond acceptors (Lipinski definition) is 3. The molecular formula is C21H26FN5O2. The molecule has 8 heteroatoms. The fraction of sp³-hybridized carbons (Fsp3) is 0.476. The molecule has 1 saturated heterocycles. The van der Waals surface area contributed by atoms with Crippen molar-refractivity contribution in [1.82, 2.24) is 15.1 Å². The molecule has 29 heavy (non-hydrogen) atoms. The minimum Gasteiger partial charge on any atom is -0.324 e. The summed E-state index contributed by atoms with van der Waals surface area (Å²) >= 11 is 0. The highest BCUT2D eigenvalue weighted by Gasteiger charge is 2.29. The molecule has 0 bridgehead atoms. The van der Waals surface area contributed by atoms with Crippen LogP contribution in [0.2, 0.25) is 0 Å². The Morgan fingerprint density at radius 2 is 1.97 bits per heavy atom. The van der Waals surface area contributed by atoms with E-state index in [2.05, 4.69) is 20.8 Å². The molecule has 1 atom stereocenters. The Kier molecular flexibility index (Phi) is 5.78. The van der Waals surface area contributed by atoms with Crippen molar-refractivity contribution in [1.29, 1.82) is 0 Å². The molecule has 1 aliphatic heterocycles. The van der Waals surface area contributed by atoms with Gasteiger partial charge in [0, 0.05) is 30.6 Å². The first-order valence-corrected chi connectivity index (χ1v) is 10.3. The van der Waals surface area contributed by atoms with Crippen LogP contribution >= 0.6 is 0 Å². The number of likely N-dealkylation sites (tertiary alicyclic amines) is 1. The van der Waals surface area contributed by atoms with E-state index in [1.165, 1.54) is 12.1 Å². The molecule has 3 N–H and O–H groups in total. The molecular weight excluding hydrogens is 373 g/mol. The highest BCUT2D eigenvalue weighted by Crippen LogP contribution is 2.32. The molecule has 1 saturated carbocycles. The lowest BCUT2D eigenvalue weighted by Gasteiger charge is -2.32. The number of aromatic nitrogens is 2. The molecule has 2 heterocycles. The highest BCUT2D eigenvalue weighted by molar-refractivity contribution is 5.93. The van der Waals surface area contributed by atoms with Gasteiger partial charge in [-0.2, -0.15) is 5.10 Å². The number of urea groups is 1. The molecule has 7 nitrogen and oxygen atoms in total. The first-order valence-electron chi connectivity index (χ1n) is 10.3. The van der Waals surface area contributed by atoms with Crippen molar-refractivity contribution in [2.75, 3.05) is 23.7 Å². The second-order valence-electron chi connectivity index (χ2n) is 7.89. The monoisotopic (exact) mass is 399 g/mol. The summed E-state index contributed by atoms with van der Waals surface area (Å²) in [6.45, 7) is 1.14. The summed E-state index contributed by atoms with van der Waals surface area (Å²) in [4.78, 5) is 26.8. The fourth-order valence-corrected chi connectivity index (χ4v) is 4.30. The maximum Gasteiger partial charge on any atom is 0.321 e. The van der Waals surface area contributed by atoms with Gasteiger partial charge in [-0.25, -0.2) is 9.18 Å². The molecule has 2 aromatic rings. The molecule has 0 spiro atoms. The molecule has 1 aromatic carbocycles. The number of carbonyl (C=O) groups excluding carboxylic acids is 2. The van der Waals surface area contributed by atoms with Gasteiger partial charge < -0.3 is 15.5 Å². The van der Waals surface area contributed by atoms with Crippen molar-refractivity contribution in [3.63, 3.8) is 0 Å². The molecule has 1 aromatic heterocycles. The maximum atomic E-state index is 13.4. The molecule has 4 rings (SSSR count). The number of nitrogens with one attached hydrogen (secondary N) is 3. The van der Waals surface area contributed by atoms with Crippen LogP contribution in [-0.4, -0.2) is 40.1 Å². The van der Waals surface area contributed by atoms with E-state index in [1.807, 2.05) is 0 Å². The quantitative estimate of drug-likeness (QED) is 0.723. The lowest BCUT2D eigenvalue weighted by Crippen LogP contribution is -2.41. The Labute approximate surface area is 169 Å². The molecule has 3 amide bonds. The number of anilines is 2. The third-order valence-electron chi connectivity index (χ3n) is 5.85. The van der Waals surface area contributed by atoms with Gasteiger partial charge in [0.15, 0.2) is 0 Å². The number of amides is 3. The van der Waals surface area contributed by atoms with Gasteiger partial charge in [-0.1, -0.05) is 18.9 Å². The Hall–Kier alpha value is -2.90. The predicted molar refractivity (Wildman–Crippen MR) is 108 cm³/mol. The summed E-state index contributed by atoms with van der Waals surface area (Å²) in [5.41, 5.74) is 2.00. The van der Waals surface area contributed by atoms with Crippen LogP contribution in [0.5, 0.6) is 0 Å². The number of rotatable bonds is 4. The topological polar surface area (TPSA) is 90.1 Å². The summed E-state index contributed by atoms with van der Waals surface area (Å²) in [5, 5.41) is 12.9. The van der Waals surface area contributed by atoms with Crippen molar-refractivity contribution in [2.45, 2.75) is 44.4 Å². The van der Waals surface area contributed by atoms with Crippen molar-refractivity contribution >= 4 is 23.3 Å². The van der Waals surface area contributed by atoms with Crippen LogP contribution in [-0.2, 0) is 4.79 Å². The SMILES string of the molecule is O=C(Nc1cn[nH]c1[C@H]1CCCN(C(=O)Nc2cccc(F)c2)C1)C1CCCC1. The molecule has 2 fully saturated rings. The van der Waals surface area contributed by atoms with Crippen molar-refractivity contribution in [2.24, 2.45) is 5.92 Å². The second kappa shape index (κ2) is 8.63. The number of benzene rings is 1. The Balaban J connectivity index is 1.40. The molecule has 0 unspecified atom stereocenters. The van der Waals surface area contributed by atoms with Gasteiger partial charge in [0.2, 0.25) is 5.91 Å². The largest absolute Gasteiger partial charge is 0.324 e. The first-order chi connectivity index (χ1) is 14.1. The number of H-pyrrole nitrogens is 1. The Bertz CT molecular complexity index is 877. The molecule has 2 aliphatic rings. The van der Waals surface area contributed by atoms with E-state index in [4.69, 9.17) is 0 Å². The maximum absolute atomic E-state index is 13.4. The predicted octanol–water partition coefficient (Wildman–Crippen LogP) is 4.09. The summed E-state index contributed by atoms with van der Waals surface area (Å²) in [7, 11) is 0. The van der Waals surface area contributed by atoms with Gasteiger partial charge in [0.1, 0.15) is 5.82 Å². The van der Waals surface area contributed by atoms with E-state index in [-0.39, 0.29) is 29.6 Å². The third-order valence-corrected chi connectivity index (χ3v) is 5.85. The van der Waals surface area contributed by atoms with E-state index in [9.17, 15) is 14.0 Å². The minimum atomic E-state index is -0.389. The highest BCUT2D eigenvalue weighted by atomic mass is 19.1. The van der Waals surface area contributed by atoms with Gasteiger partial charge in [0.05, 0.1) is 17.6 Å². The standard InChI is InChI=1S/C21H26FN5O2/c22-16-8-3-9-17(11-16)24-21(29)27-10-4-7-15(13-27)19-18(12-23-26-19)25-20(28)14-5-1-2-6-14/h3,8-9,11-12,14-15H,1-2,4-7,10,13H2,(H,23,26)(H,24,29)(H,25,28)/t15-/m0/s1. The fourth-order valence-electron chi connectivity index (χ4n) is 4.30.